The number of hydrogen-bond donors (Lipinski definition) is 4. The summed E-state index contributed by atoms with van der Waals surface area (Å²) in [5.74, 6) is 0.571. The lowest BCUT2D eigenvalue weighted by Gasteiger charge is -2.25. The Morgan fingerprint density at radius 3 is 2.42 bits per heavy atom. The Kier molecular flexibility index (Phi) is 7.69. The van der Waals surface area contributed by atoms with Crippen LogP contribution in [0.25, 0.3) is 0 Å². The SMILES string of the molecule is CCNC(=O)C(C)(C)CN=C(NCC)NCC(C)(O)c1cccs1. The highest BCUT2D eigenvalue weighted by Gasteiger charge is 2.27. The van der Waals surface area contributed by atoms with Gasteiger partial charge in [-0.1, -0.05) is 6.07 Å². The van der Waals surface area contributed by atoms with E-state index in [1.807, 2.05) is 45.2 Å². The van der Waals surface area contributed by atoms with Gasteiger partial charge in [-0.3, -0.25) is 9.79 Å². The molecule has 0 spiro atoms. The van der Waals surface area contributed by atoms with Gasteiger partial charge in [0.05, 0.1) is 18.5 Å². The second kappa shape index (κ2) is 9.03. The van der Waals surface area contributed by atoms with Gasteiger partial charge in [-0.2, -0.15) is 0 Å². The monoisotopic (exact) mass is 354 g/mol. The van der Waals surface area contributed by atoms with Gasteiger partial charge in [0.25, 0.3) is 0 Å². The minimum atomic E-state index is -0.973. The van der Waals surface area contributed by atoms with Gasteiger partial charge in [0, 0.05) is 18.0 Å². The van der Waals surface area contributed by atoms with E-state index < -0.39 is 11.0 Å². The van der Waals surface area contributed by atoms with Crippen molar-refractivity contribution in [2.45, 2.75) is 40.2 Å². The van der Waals surface area contributed by atoms with E-state index in [4.69, 9.17) is 0 Å². The summed E-state index contributed by atoms with van der Waals surface area (Å²) < 4.78 is 0. The zero-order valence-electron chi connectivity index (χ0n) is 15.3. The van der Waals surface area contributed by atoms with Gasteiger partial charge in [0.2, 0.25) is 5.91 Å². The van der Waals surface area contributed by atoms with Crippen molar-refractivity contribution in [2.24, 2.45) is 10.4 Å². The van der Waals surface area contributed by atoms with E-state index >= 15 is 0 Å². The van der Waals surface area contributed by atoms with E-state index in [1.165, 1.54) is 11.3 Å². The number of nitrogens with one attached hydrogen (secondary N) is 3. The van der Waals surface area contributed by atoms with Crippen LogP contribution in [0.4, 0.5) is 0 Å². The molecule has 1 amide bonds. The number of rotatable bonds is 8. The van der Waals surface area contributed by atoms with Crippen LogP contribution in [0.5, 0.6) is 0 Å². The number of carbonyl (C=O) groups is 1. The summed E-state index contributed by atoms with van der Waals surface area (Å²) >= 11 is 1.52. The molecule has 1 rings (SSSR count). The number of amides is 1. The fourth-order valence-electron chi connectivity index (χ4n) is 2.02. The molecule has 1 unspecified atom stereocenters. The molecule has 0 aliphatic carbocycles. The molecule has 0 saturated carbocycles. The summed E-state index contributed by atoms with van der Waals surface area (Å²) in [5, 5.41) is 21.7. The highest BCUT2D eigenvalue weighted by Crippen LogP contribution is 2.24. The molecule has 0 fully saturated rings. The molecule has 136 valence electrons. The maximum atomic E-state index is 12.0. The van der Waals surface area contributed by atoms with Crippen LogP contribution in [0.2, 0.25) is 0 Å². The van der Waals surface area contributed by atoms with Crippen LogP contribution in [0.1, 0.15) is 39.5 Å². The number of aliphatic hydroxyl groups is 1. The van der Waals surface area contributed by atoms with Crippen LogP contribution >= 0.6 is 11.3 Å². The first-order valence-corrected chi connectivity index (χ1v) is 9.17. The summed E-state index contributed by atoms with van der Waals surface area (Å²) in [5.41, 5.74) is -1.56. The van der Waals surface area contributed by atoms with E-state index in [-0.39, 0.29) is 5.91 Å². The molecule has 7 heteroatoms. The molecule has 0 aliphatic heterocycles. The lowest BCUT2D eigenvalue weighted by atomic mass is 9.92. The van der Waals surface area contributed by atoms with Gasteiger partial charge in [-0.05, 0) is 46.1 Å². The standard InChI is InChI=1S/C17H30N4O2S/c1-6-18-14(22)16(3,4)11-20-15(19-7-2)21-12-17(5,23)13-9-8-10-24-13/h8-10,23H,6-7,11-12H2,1-5H3,(H,18,22)(H2,19,20,21). The van der Waals surface area contributed by atoms with Crippen molar-refractivity contribution in [3.05, 3.63) is 22.4 Å². The summed E-state index contributed by atoms with van der Waals surface area (Å²) in [6, 6.07) is 3.83. The molecule has 1 aromatic rings. The Labute approximate surface area is 148 Å². The average Bonchev–Trinajstić information content (AvgIpc) is 3.05. The molecule has 1 atom stereocenters. The Morgan fingerprint density at radius 2 is 1.88 bits per heavy atom. The van der Waals surface area contributed by atoms with Crippen LogP contribution in [-0.2, 0) is 10.4 Å². The molecule has 0 bridgehead atoms. The van der Waals surface area contributed by atoms with Gasteiger partial charge >= 0.3 is 0 Å². The second-order valence-electron chi connectivity index (χ2n) is 6.54. The Bertz CT molecular complexity index is 539. The first kappa shape index (κ1) is 20.4. The number of nitrogens with zero attached hydrogens (tertiary/aromatic N) is 1. The molecule has 6 nitrogen and oxygen atoms in total. The number of carbonyl (C=O) groups excluding carboxylic acids is 1. The normalized spacial score (nSPS) is 14.8. The number of hydrogen-bond acceptors (Lipinski definition) is 4. The summed E-state index contributed by atoms with van der Waals surface area (Å²) in [4.78, 5) is 17.4. The topological polar surface area (TPSA) is 85.8 Å². The molecule has 0 saturated heterocycles. The quantitative estimate of drug-likeness (QED) is 0.423. The number of aliphatic imine (C=N–C) groups is 1. The fourth-order valence-corrected chi connectivity index (χ4v) is 2.80. The zero-order valence-corrected chi connectivity index (χ0v) is 16.1. The van der Waals surface area contributed by atoms with Gasteiger partial charge in [0.1, 0.15) is 5.60 Å². The van der Waals surface area contributed by atoms with Gasteiger partial charge in [-0.25, -0.2) is 0 Å². The molecule has 1 aromatic heterocycles. The first-order valence-electron chi connectivity index (χ1n) is 8.29. The third-order valence-corrected chi connectivity index (χ3v) is 4.70. The van der Waals surface area contributed by atoms with Crippen LogP contribution < -0.4 is 16.0 Å². The summed E-state index contributed by atoms with van der Waals surface area (Å²) in [6.45, 7) is 11.4. The lowest BCUT2D eigenvalue weighted by Crippen LogP contribution is -2.45. The smallest absolute Gasteiger partial charge is 0.227 e. The molecule has 0 aromatic carbocycles. The second-order valence-corrected chi connectivity index (χ2v) is 7.49. The van der Waals surface area contributed by atoms with Crippen molar-refractivity contribution < 1.29 is 9.90 Å². The molecule has 1 heterocycles. The van der Waals surface area contributed by atoms with E-state index in [9.17, 15) is 9.90 Å². The highest BCUT2D eigenvalue weighted by molar-refractivity contribution is 7.10. The van der Waals surface area contributed by atoms with E-state index in [1.54, 1.807) is 6.92 Å². The predicted molar refractivity (Wildman–Crippen MR) is 100 cm³/mol. The third kappa shape index (κ3) is 6.13. The van der Waals surface area contributed by atoms with Crippen molar-refractivity contribution in [3.8, 4) is 0 Å². The molecule has 4 N–H and O–H groups in total. The van der Waals surface area contributed by atoms with E-state index in [0.29, 0.717) is 32.1 Å². The van der Waals surface area contributed by atoms with E-state index in [0.717, 1.165) is 4.88 Å². The molecule has 0 aliphatic rings. The zero-order chi connectivity index (χ0) is 18.2. The lowest BCUT2D eigenvalue weighted by molar-refractivity contribution is -0.128. The molecule has 24 heavy (non-hydrogen) atoms. The van der Waals surface area contributed by atoms with Crippen molar-refractivity contribution in [3.63, 3.8) is 0 Å². The van der Waals surface area contributed by atoms with Crippen LogP contribution in [0, 0.1) is 5.41 Å². The first-order chi connectivity index (χ1) is 11.2. The van der Waals surface area contributed by atoms with Crippen molar-refractivity contribution in [1.82, 2.24) is 16.0 Å². The Morgan fingerprint density at radius 1 is 1.21 bits per heavy atom. The minimum absolute atomic E-state index is 0.0184. The Balaban J connectivity index is 2.71. The third-order valence-electron chi connectivity index (χ3n) is 3.58. The van der Waals surface area contributed by atoms with E-state index in [2.05, 4.69) is 20.9 Å². The summed E-state index contributed by atoms with van der Waals surface area (Å²) in [6.07, 6.45) is 0. The van der Waals surface area contributed by atoms with Gasteiger partial charge < -0.3 is 21.1 Å². The van der Waals surface area contributed by atoms with Crippen molar-refractivity contribution in [1.29, 1.82) is 0 Å². The number of thiophene rings is 1. The van der Waals surface area contributed by atoms with Crippen LogP contribution in [0.3, 0.4) is 0 Å². The van der Waals surface area contributed by atoms with Crippen molar-refractivity contribution in [2.75, 3.05) is 26.2 Å². The maximum absolute atomic E-state index is 12.0. The predicted octanol–water partition coefficient (Wildman–Crippen LogP) is 1.67. The van der Waals surface area contributed by atoms with Crippen molar-refractivity contribution >= 4 is 23.2 Å². The average molecular weight is 355 g/mol. The minimum Gasteiger partial charge on any atom is -0.383 e. The summed E-state index contributed by atoms with van der Waals surface area (Å²) in [7, 11) is 0. The largest absolute Gasteiger partial charge is 0.383 e. The molecule has 0 radical (unpaired) electrons. The van der Waals surface area contributed by atoms with Gasteiger partial charge in [-0.15, -0.1) is 11.3 Å². The maximum Gasteiger partial charge on any atom is 0.227 e. The molecular weight excluding hydrogens is 324 g/mol. The van der Waals surface area contributed by atoms with Crippen LogP contribution in [0.15, 0.2) is 22.5 Å². The van der Waals surface area contributed by atoms with Gasteiger partial charge in [0.15, 0.2) is 5.96 Å². The Hall–Kier alpha value is -1.60. The van der Waals surface area contributed by atoms with Crippen LogP contribution in [-0.4, -0.2) is 43.2 Å². The number of guanidine groups is 1. The fraction of sp³-hybridized carbons (Fsp3) is 0.647. The molecular formula is C17H30N4O2S. The highest BCUT2D eigenvalue weighted by atomic mass is 32.1.